The zero-order valence-electron chi connectivity index (χ0n) is 17.0. The van der Waals surface area contributed by atoms with Crippen LogP contribution >= 0.6 is 0 Å². The van der Waals surface area contributed by atoms with Crippen LogP contribution in [0.25, 0.3) is 6.08 Å². The zero-order chi connectivity index (χ0) is 20.8. The van der Waals surface area contributed by atoms with Gasteiger partial charge in [0.15, 0.2) is 0 Å². The fourth-order valence-corrected chi connectivity index (χ4v) is 4.28. The third-order valence-corrected chi connectivity index (χ3v) is 5.88. The molecule has 1 aliphatic heterocycles. The van der Waals surface area contributed by atoms with E-state index in [1.165, 1.54) is 5.56 Å². The summed E-state index contributed by atoms with van der Waals surface area (Å²) in [5.74, 6) is 0.618. The largest absolute Gasteiger partial charge is 0.508 e. The molecule has 4 rings (SSSR count). The number of aliphatic hydroxyl groups excluding tert-OH is 1. The fraction of sp³-hybridized carbons (Fsp3) is 0.259. The lowest BCUT2D eigenvalue weighted by Crippen LogP contribution is -2.32. The Balaban J connectivity index is 1.50. The molecule has 30 heavy (non-hydrogen) atoms. The summed E-state index contributed by atoms with van der Waals surface area (Å²) in [6.07, 6.45) is 5.52. The lowest BCUT2D eigenvalue weighted by molar-refractivity contribution is -0.0900. The molecule has 0 spiro atoms. The summed E-state index contributed by atoms with van der Waals surface area (Å²) >= 11 is 0. The molecule has 0 amide bonds. The van der Waals surface area contributed by atoms with E-state index >= 15 is 0 Å². The molecule has 0 aromatic heterocycles. The molecule has 1 aliphatic rings. The second-order valence-corrected chi connectivity index (χ2v) is 8.01. The predicted molar refractivity (Wildman–Crippen MR) is 120 cm³/mol. The van der Waals surface area contributed by atoms with Gasteiger partial charge in [0.25, 0.3) is 0 Å². The highest BCUT2D eigenvalue weighted by atomic mass is 16.5. The van der Waals surface area contributed by atoms with E-state index in [0.717, 1.165) is 24.0 Å². The van der Waals surface area contributed by atoms with E-state index in [-0.39, 0.29) is 23.7 Å². The van der Waals surface area contributed by atoms with Crippen molar-refractivity contribution in [2.24, 2.45) is 11.8 Å². The number of benzene rings is 3. The van der Waals surface area contributed by atoms with E-state index in [9.17, 15) is 10.2 Å². The van der Waals surface area contributed by atoms with Crippen LogP contribution < -0.4 is 0 Å². The third-order valence-electron chi connectivity index (χ3n) is 5.88. The first-order chi connectivity index (χ1) is 14.7. The standard InChI is InChI=1S/C27H28O3/c28-25-16-14-20(15-17-25)8-7-13-23-18-24(26(29)21-9-3-1-4-10-21)19-30-27(23)22-11-5-2-6-12-22/h1-12,14-17,23-24,26-29H,13,18-19H2/b8-7+/t23-,24+,26-,27+/m0/s1. The van der Waals surface area contributed by atoms with Crippen LogP contribution in [0.3, 0.4) is 0 Å². The Kier molecular flexibility index (Phi) is 6.63. The SMILES string of the molecule is Oc1ccc(/C=C/C[C@H]2C[C@@H]([C@@H](O)c3ccccc3)CO[C@@H]2c2ccccc2)cc1. The Labute approximate surface area is 178 Å². The maximum Gasteiger partial charge on any atom is 0.115 e. The molecule has 0 bridgehead atoms. The average Bonchev–Trinajstić information content (AvgIpc) is 2.81. The second-order valence-electron chi connectivity index (χ2n) is 8.01. The van der Waals surface area contributed by atoms with Crippen LogP contribution in [0.2, 0.25) is 0 Å². The Bertz CT molecular complexity index is 935. The number of rotatable bonds is 6. The van der Waals surface area contributed by atoms with Crippen molar-refractivity contribution in [3.63, 3.8) is 0 Å². The van der Waals surface area contributed by atoms with Crippen molar-refractivity contribution in [3.05, 3.63) is 108 Å². The highest BCUT2D eigenvalue weighted by Gasteiger charge is 2.35. The van der Waals surface area contributed by atoms with E-state index < -0.39 is 6.10 Å². The van der Waals surface area contributed by atoms with E-state index in [0.29, 0.717) is 6.61 Å². The molecule has 0 aliphatic carbocycles. The summed E-state index contributed by atoms with van der Waals surface area (Å²) in [4.78, 5) is 0. The zero-order valence-corrected chi connectivity index (χ0v) is 17.0. The highest BCUT2D eigenvalue weighted by Crippen LogP contribution is 2.42. The summed E-state index contributed by atoms with van der Waals surface area (Å²) in [6, 6.07) is 27.4. The van der Waals surface area contributed by atoms with Crippen LogP contribution in [0, 0.1) is 11.8 Å². The van der Waals surface area contributed by atoms with Crippen LogP contribution in [0.1, 0.15) is 41.7 Å². The van der Waals surface area contributed by atoms with Crippen LogP contribution in [0.4, 0.5) is 0 Å². The van der Waals surface area contributed by atoms with E-state index in [2.05, 4.69) is 24.3 Å². The first kappa shape index (κ1) is 20.4. The second kappa shape index (κ2) is 9.75. The summed E-state index contributed by atoms with van der Waals surface area (Å²) in [5.41, 5.74) is 3.19. The van der Waals surface area contributed by atoms with Crippen molar-refractivity contribution in [1.29, 1.82) is 0 Å². The van der Waals surface area contributed by atoms with Gasteiger partial charge in [-0.05, 0) is 47.6 Å². The van der Waals surface area contributed by atoms with Gasteiger partial charge >= 0.3 is 0 Å². The van der Waals surface area contributed by atoms with Crippen molar-refractivity contribution in [2.45, 2.75) is 25.0 Å². The molecule has 1 saturated heterocycles. The van der Waals surface area contributed by atoms with E-state index in [1.807, 2.05) is 60.7 Å². The number of phenolic OH excluding ortho intramolecular Hbond substituents is 1. The molecule has 1 heterocycles. The number of allylic oxidation sites excluding steroid dienone is 1. The summed E-state index contributed by atoms with van der Waals surface area (Å²) < 4.78 is 6.32. The minimum Gasteiger partial charge on any atom is -0.508 e. The van der Waals surface area contributed by atoms with Gasteiger partial charge in [-0.2, -0.15) is 0 Å². The van der Waals surface area contributed by atoms with Crippen molar-refractivity contribution < 1.29 is 14.9 Å². The molecule has 154 valence electrons. The van der Waals surface area contributed by atoms with Crippen LogP contribution in [0.15, 0.2) is 91.0 Å². The van der Waals surface area contributed by atoms with Crippen molar-refractivity contribution in [3.8, 4) is 5.75 Å². The van der Waals surface area contributed by atoms with Crippen molar-refractivity contribution in [1.82, 2.24) is 0 Å². The van der Waals surface area contributed by atoms with Gasteiger partial charge in [0.2, 0.25) is 0 Å². The van der Waals surface area contributed by atoms with Gasteiger partial charge in [-0.25, -0.2) is 0 Å². The number of hydrogen-bond donors (Lipinski definition) is 2. The van der Waals surface area contributed by atoms with Crippen molar-refractivity contribution >= 4 is 6.08 Å². The Hall–Kier alpha value is -2.88. The molecule has 0 unspecified atom stereocenters. The molecule has 3 heteroatoms. The lowest BCUT2D eigenvalue weighted by atomic mass is 9.79. The Morgan fingerprint density at radius 1 is 0.900 bits per heavy atom. The Morgan fingerprint density at radius 2 is 1.57 bits per heavy atom. The van der Waals surface area contributed by atoms with Gasteiger partial charge in [-0.15, -0.1) is 0 Å². The summed E-state index contributed by atoms with van der Waals surface area (Å²) in [5, 5.41) is 20.4. The monoisotopic (exact) mass is 400 g/mol. The molecule has 3 nitrogen and oxygen atoms in total. The minimum absolute atomic E-state index is 0.0230. The molecule has 4 atom stereocenters. The van der Waals surface area contributed by atoms with Crippen LogP contribution in [-0.2, 0) is 4.74 Å². The van der Waals surface area contributed by atoms with Gasteiger partial charge in [-0.1, -0.05) is 84.9 Å². The van der Waals surface area contributed by atoms with E-state index in [1.54, 1.807) is 12.1 Å². The normalized spacial score (nSPS) is 22.8. The smallest absolute Gasteiger partial charge is 0.115 e. The van der Waals surface area contributed by atoms with Gasteiger partial charge in [-0.3, -0.25) is 0 Å². The molecule has 3 aromatic rings. The first-order valence-electron chi connectivity index (χ1n) is 10.6. The molecule has 3 aromatic carbocycles. The number of aliphatic hydroxyl groups is 1. The van der Waals surface area contributed by atoms with Gasteiger partial charge in [0.05, 0.1) is 18.8 Å². The molecule has 0 saturated carbocycles. The molecular weight excluding hydrogens is 372 g/mol. The van der Waals surface area contributed by atoms with Gasteiger partial charge in [0, 0.05) is 5.92 Å². The minimum atomic E-state index is -0.522. The molecule has 1 fully saturated rings. The lowest BCUT2D eigenvalue weighted by Gasteiger charge is -2.38. The quantitative estimate of drug-likeness (QED) is 0.540. The topological polar surface area (TPSA) is 49.7 Å². The highest BCUT2D eigenvalue weighted by molar-refractivity contribution is 5.50. The maximum absolute atomic E-state index is 10.9. The summed E-state index contributed by atoms with van der Waals surface area (Å²) in [7, 11) is 0. The number of ether oxygens (including phenoxy) is 1. The number of hydrogen-bond acceptors (Lipinski definition) is 3. The van der Waals surface area contributed by atoms with Crippen LogP contribution in [-0.4, -0.2) is 16.8 Å². The van der Waals surface area contributed by atoms with Crippen LogP contribution in [0.5, 0.6) is 5.75 Å². The third kappa shape index (κ3) is 4.99. The number of phenols is 1. The first-order valence-corrected chi connectivity index (χ1v) is 10.6. The van der Waals surface area contributed by atoms with Gasteiger partial charge in [0.1, 0.15) is 5.75 Å². The maximum atomic E-state index is 10.9. The molecular formula is C27H28O3. The number of aromatic hydroxyl groups is 1. The summed E-state index contributed by atoms with van der Waals surface area (Å²) in [6.45, 7) is 0.549. The Morgan fingerprint density at radius 3 is 2.27 bits per heavy atom. The predicted octanol–water partition coefficient (Wildman–Crippen LogP) is 5.92. The average molecular weight is 401 g/mol. The van der Waals surface area contributed by atoms with Crippen molar-refractivity contribution in [2.75, 3.05) is 6.61 Å². The van der Waals surface area contributed by atoms with Gasteiger partial charge < -0.3 is 14.9 Å². The fourth-order valence-electron chi connectivity index (χ4n) is 4.28. The molecule has 2 N–H and O–H groups in total. The van der Waals surface area contributed by atoms with E-state index in [4.69, 9.17) is 4.74 Å². The molecule has 0 radical (unpaired) electrons.